The van der Waals surface area contributed by atoms with Crippen molar-refractivity contribution in [3.63, 3.8) is 0 Å². The van der Waals surface area contributed by atoms with Crippen molar-refractivity contribution >= 4 is 18.6 Å². The van der Waals surface area contributed by atoms with E-state index in [1.807, 2.05) is 0 Å². The van der Waals surface area contributed by atoms with Crippen molar-refractivity contribution in [2.24, 2.45) is 34.5 Å². The molecular formula is C26H36O7. The third-order valence-electron chi connectivity index (χ3n) is 9.36. The first-order chi connectivity index (χ1) is 15.7. The molecule has 7 nitrogen and oxygen atoms in total. The predicted octanol–water partition coefficient (Wildman–Crippen LogP) is 5.23. The van der Waals surface area contributed by atoms with Gasteiger partial charge in [-0.3, -0.25) is 0 Å². The van der Waals surface area contributed by atoms with Gasteiger partial charge in [-0.05, 0) is 48.9 Å². The first-order valence-electron chi connectivity index (χ1n) is 12.0. The highest BCUT2D eigenvalue weighted by atomic mass is 16.7. The molecule has 3 saturated carbocycles. The molecular weight excluding hydrogens is 424 g/mol. The Bertz CT molecular complexity index is 876. The van der Waals surface area contributed by atoms with Crippen LogP contribution in [0.25, 0.3) is 0 Å². The number of fused-ring (bicyclic) bond motifs is 5. The van der Waals surface area contributed by atoms with Gasteiger partial charge in [0, 0.05) is 24.2 Å². The number of hydrogen-bond acceptors (Lipinski definition) is 7. The van der Waals surface area contributed by atoms with Gasteiger partial charge in [-0.25, -0.2) is 9.59 Å². The summed E-state index contributed by atoms with van der Waals surface area (Å²) in [6, 6.07) is 0. The van der Waals surface area contributed by atoms with E-state index in [1.165, 1.54) is 19.8 Å². The summed E-state index contributed by atoms with van der Waals surface area (Å²) in [6.07, 6.45) is 8.28. The van der Waals surface area contributed by atoms with Crippen LogP contribution >= 0.6 is 0 Å². The highest BCUT2D eigenvalue weighted by Gasteiger charge is 2.60. The van der Waals surface area contributed by atoms with Crippen LogP contribution in [0, 0.1) is 34.5 Å². The van der Waals surface area contributed by atoms with E-state index in [2.05, 4.69) is 37.7 Å². The van der Waals surface area contributed by atoms with Gasteiger partial charge in [0.2, 0.25) is 0 Å². The maximum absolute atomic E-state index is 12.2. The van der Waals surface area contributed by atoms with Gasteiger partial charge in [0.25, 0.3) is 0 Å². The Morgan fingerprint density at radius 3 is 2.39 bits per heavy atom. The van der Waals surface area contributed by atoms with Crippen LogP contribution < -0.4 is 0 Å². The molecule has 0 radical (unpaired) electrons. The summed E-state index contributed by atoms with van der Waals surface area (Å²) in [6.45, 7) is 6.59. The minimum absolute atomic E-state index is 0.0590. The number of carbonyl (C=O) groups is 3. The Balaban J connectivity index is 1.69. The van der Waals surface area contributed by atoms with Crippen molar-refractivity contribution < 1.29 is 33.3 Å². The lowest BCUT2D eigenvalue weighted by molar-refractivity contribution is -0.114. The van der Waals surface area contributed by atoms with Gasteiger partial charge in [0.05, 0.1) is 14.2 Å². The van der Waals surface area contributed by atoms with Crippen LogP contribution in [0.4, 0.5) is 9.59 Å². The lowest BCUT2D eigenvalue weighted by Crippen LogP contribution is -2.54. The highest BCUT2D eigenvalue weighted by molar-refractivity contribution is 5.61. The number of ether oxygens (including phenoxy) is 4. The third-order valence-corrected chi connectivity index (χ3v) is 9.36. The average Bonchev–Trinajstić information content (AvgIpc) is 3.16. The largest absolute Gasteiger partial charge is 0.508 e. The number of rotatable bonds is 4. The first kappa shape index (κ1) is 23.8. The number of allylic oxidation sites excluding steroid dienone is 3. The molecule has 0 N–H and O–H groups in total. The second-order valence-electron chi connectivity index (χ2n) is 10.7. The maximum Gasteiger partial charge on any atom is 0.508 e. The third kappa shape index (κ3) is 3.77. The van der Waals surface area contributed by atoms with E-state index in [-0.39, 0.29) is 17.3 Å². The fourth-order valence-corrected chi connectivity index (χ4v) is 7.61. The maximum atomic E-state index is 12.2. The van der Waals surface area contributed by atoms with Gasteiger partial charge < -0.3 is 23.7 Å². The molecule has 8 atom stereocenters. The normalized spacial score (nSPS) is 40.1. The number of aldehydes is 1. The van der Waals surface area contributed by atoms with Crippen molar-refractivity contribution in [1.29, 1.82) is 0 Å². The van der Waals surface area contributed by atoms with Crippen molar-refractivity contribution in [1.82, 2.24) is 0 Å². The quantitative estimate of drug-likeness (QED) is 0.419. The van der Waals surface area contributed by atoms with Crippen molar-refractivity contribution in [3.05, 3.63) is 23.3 Å². The zero-order valence-corrected chi connectivity index (χ0v) is 20.3. The Morgan fingerprint density at radius 1 is 1.03 bits per heavy atom. The summed E-state index contributed by atoms with van der Waals surface area (Å²) in [5.74, 6) is 1.10. The van der Waals surface area contributed by atoms with Gasteiger partial charge in [0.15, 0.2) is 0 Å². The summed E-state index contributed by atoms with van der Waals surface area (Å²) in [5.41, 5.74) is 2.25. The van der Waals surface area contributed by atoms with Gasteiger partial charge in [-0.15, -0.1) is 0 Å². The van der Waals surface area contributed by atoms with Crippen molar-refractivity contribution in [2.45, 2.75) is 71.5 Å². The molecule has 0 amide bonds. The second-order valence-corrected chi connectivity index (χ2v) is 10.7. The van der Waals surface area contributed by atoms with E-state index < -0.39 is 29.9 Å². The van der Waals surface area contributed by atoms with Gasteiger partial charge in [-0.2, -0.15) is 0 Å². The second kappa shape index (κ2) is 8.80. The standard InChI is InChI=1S/C26H36O7/c1-15(14-27)19-8-9-20-18-7-6-16-12-17(32-23(28)30-4)13-22(33-24(29)31-5)26(16,3)21(18)10-11-25(19,20)2/h6-7,14-15,17,19-22H,8-13H2,1-5H3/t15?,17?,19-,20+,21+,22?,25-,26+/m1/s1. The zero-order chi connectivity index (χ0) is 24.0. The van der Waals surface area contributed by atoms with E-state index in [4.69, 9.17) is 14.2 Å². The lowest BCUT2D eigenvalue weighted by atomic mass is 9.49. The minimum Gasteiger partial charge on any atom is -0.438 e. The molecule has 0 bridgehead atoms. The minimum atomic E-state index is -0.734. The van der Waals surface area contributed by atoms with Crippen molar-refractivity contribution in [2.75, 3.05) is 14.2 Å². The summed E-state index contributed by atoms with van der Waals surface area (Å²) >= 11 is 0. The fourth-order valence-electron chi connectivity index (χ4n) is 7.61. The fraction of sp³-hybridized carbons (Fsp3) is 0.731. The molecule has 4 aliphatic carbocycles. The monoisotopic (exact) mass is 460 g/mol. The molecule has 0 aromatic heterocycles. The van der Waals surface area contributed by atoms with E-state index in [0.29, 0.717) is 24.7 Å². The molecule has 3 unspecified atom stereocenters. The van der Waals surface area contributed by atoms with Gasteiger partial charge in [-0.1, -0.05) is 44.1 Å². The van der Waals surface area contributed by atoms with E-state index >= 15 is 0 Å². The van der Waals surface area contributed by atoms with Crippen LogP contribution in [0.3, 0.4) is 0 Å². The van der Waals surface area contributed by atoms with E-state index in [1.54, 1.807) is 0 Å². The molecule has 182 valence electrons. The zero-order valence-electron chi connectivity index (χ0n) is 20.3. The molecule has 0 heterocycles. The molecule has 33 heavy (non-hydrogen) atoms. The molecule has 0 spiro atoms. The molecule has 0 aromatic carbocycles. The summed E-state index contributed by atoms with van der Waals surface area (Å²) in [4.78, 5) is 35.6. The average molecular weight is 461 g/mol. The van der Waals surface area contributed by atoms with E-state index in [9.17, 15) is 14.4 Å². The van der Waals surface area contributed by atoms with Crippen LogP contribution in [0.5, 0.6) is 0 Å². The van der Waals surface area contributed by atoms with Crippen LogP contribution in [0.1, 0.15) is 59.3 Å². The Kier molecular flexibility index (Phi) is 6.36. The molecule has 3 fully saturated rings. The van der Waals surface area contributed by atoms with Crippen LogP contribution in [0.2, 0.25) is 0 Å². The van der Waals surface area contributed by atoms with Gasteiger partial charge >= 0.3 is 12.3 Å². The van der Waals surface area contributed by atoms with Gasteiger partial charge in [0.1, 0.15) is 18.5 Å². The summed E-state index contributed by atoms with van der Waals surface area (Å²) in [5, 5.41) is 0. The molecule has 7 heteroatoms. The summed E-state index contributed by atoms with van der Waals surface area (Å²) in [7, 11) is 2.59. The van der Waals surface area contributed by atoms with Crippen molar-refractivity contribution in [3.8, 4) is 0 Å². The molecule has 0 aliphatic heterocycles. The Morgan fingerprint density at radius 2 is 1.73 bits per heavy atom. The van der Waals surface area contributed by atoms with E-state index in [0.717, 1.165) is 37.5 Å². The van der Waals surface area contributed by atoms with Crippen LogP contribution in [-0.4, -0.2) is 45.0 Å². The summed E-state index contributed by atoms with van der Waals surface area (Å²) < 4.78 is 20.8. The number of hydrogen-bond donors (Lipinski definition) is 0. The SMILES string of the molecule is COC(=O)OC1CC2=CC=C3[C@@H]4CC[C@H](C(C)C=O)[C@@]4(C)CC[C@@H]3[C@@]2(C)C(OC(=O)OC)C1. The van der Waals surface area contributed by atoms with Crippen LogP contribution in [-0.2, 0) is 23.7 Å². The Hall–Kier alpha value is -2.31. The number of carbonyl (C=O) groups excluding carboxylic acids is 3. The molecule has 4 aliphatic rings. The van der Waals surface area contributed by atoms with Crippen LogP contribution in [0.15, 0.2) is 23.3 Å². The lowest BCUT2D eigenvalue weighted by Gasteiger charge is -2.56. The number of methoxy groups -OCH3 is 2. The molecule has 0 saturated heterocycles. The topological polar surface area (TPSA) is 88.1 Å². The first-order valence-corrected chi connectivity index (χ1v) is 12.0. The molecule has 0 aromatic rings. The highest BCUT2D eigenvalue weighted by Crippen LogP contribution is 2.66. The molecule has 4 rings (SSSR count). The smallest absolute Gasteiger partial charge is 0.438 e. The predicted molar refractivity (Wildman–Crippen MR) is 120 cm³/mol. The Labute approximate surface area is 195 Å².